The van der Waals surface area contributed by atoms with Crippen LogP contribution in [0.25, 0.3) is 0 Å². The Labute approximate surface area is 166 Å². The molecule has 2 aromatic rings. The highest BCUT2D eigenvalue weighted by Crippen LogP contribution is 2.25. The van der Waals surface area contributed by atoms with Gasteiger partial charge < -0.3 is 5.32 Å². The lowest BCUT2D eigenvalue weighted by atomic mass is 10.1. The van der Waals surface area contributed by atoms with E-state index < -0.39 is 16.1 Å². The van der Waals surface area contributed by atoms with Crippen LogP contribution in [0.15, 0.2) is 42.5 Å². The molecule has 0 aliphatic heterocycles. The molecule has 0 saturated carbocycles. The minimum absolute atomic E-state index is 0.236. The van der Waals surface area contributed by atoms with E-state index in [0.717, 1.165) is 22.9 Å². The summed E-state index contributed by atoms with van der Waals surface area (Å²) in [5, 5.41) is 3.37. The Balaban J connectivity index is 2.30. The summed E-state index contributed by atoms with van der Waals surface area (Å²) in [5.41, 5.74) is 3.29. The lowest BCUT2D eigenvalue weighted by molar-refractivity contribution is -0.122. The van der Waals surface area contributed by atoms with E-state index in [9.17, 15) is 13.2 Å². The van der Waals surface area contributed by atoms with Crippen molar-refractivity contribution in [2.24, 2.45) is 0 Å². The van der Waals surface area contributed by atoms with E-state index in [1.54, 1.807) is 25.1 Å². The highest BCUT2D eigenvalue weighted by molar-refractivity contribution is 7.92. The SMILES string of the molecule is CC[C@H](C(=O)NCc1ccccc1Cl)N(c1ccc(C)c(C)c1)S(C)(=O)=O. The van der Waals surface area contributed by atoms with E-state index in [2.05, 4.69) is 5.32 Å². The summed E-state index contributed by atoms with van der Waals surface area (Å²) in [7, 11) is -3.65. The Hall–Kier alpha value is -2.05. The van der Waals surface area contributed by atoms with Gasteiger partial charge in [0.15, 0.2) is 0 Å². The minimum Gasteiger partial charge on any atom is -0.350 e. The fourth-order valence-corrected chi connectivity index (χ4v) is 4.27. The third kappa shape index (κ3) is 5.23. The first-order valence-corrected chi connectivity index (χ1v) is 11.0. The van der Waals surface area contributed by atoms with Crippen LogP contribution in [-0.4, -0.2) is 26.6 Å². The maximum absolute atomic E-state index is 12.8. The number of nitrogens with one attached hydrogen (secondary N) is 1. The van der Waals surface area contributed by atoms with Crippen molar-refractivity contribution >= 4 is 33.2 Å². The van der Waals surface area contributed by atoms with E-state index >= 15 is 0 Å². The van der Waals surface area contributed by atoms with Gasteiger partial charge in [0.05, 0.1) is 11.9 Å². The van der Waals surface area contributed by atoms with Crippen molar-refractivity contribution in [3.8, 4) is 0 Å². The van der Waals surface area contributed by atoms with Crippen molar-refractivity contribution in [2.45, 2.75) is 39.8 Å². The zero-order valence-electron chi connectivity index (χ0n) is 16.0. The number of sulfonamides is 1. The molecule has 146 valence electrons. The zero-order chi connectivity index (χ0) is 20.2. The third-order valence-electron chi connectivity index (χ3n) is 4.49. The molecule has 0 bridgehead atoms. The second-order valence-corrected chi connectivity index (χ2v) is 8.83. The number of rotatable bonds is 7. The fourth-order valence-electron chi connectivity index (χ4n) is 2.86. The van der Waals surface area contributed by atoms with Crippen LogP contribution >= 0.6 is 11.6 Å². The van der Waals surface area contributed by atoms with Crippen molar-refractivity contribution in [3.05, 3.63) is 64.2 Å². The summed E-state index contributed by atoms with van der Waals surface area (Å²) in [6.45, 7) is 5.90. The molecule has 2 aromatic carbocycles. The third-order valence-corrected chi connectivity index (χ3v) is 6.03. The second-order valence-electron chi connectivity index (χ2n) is 6.56. The predicted octanol–water partition coefficient (Wildman–Crippen LogP) is 3.82. The number of halogens is 1. The van der Waals surface area contributed by atoms with Crippen LogP contribution in [0.2, 0.25) is 5.02 Å². The summed E-state index contributed by atoms with van der Waals surface area (Å²) in [6, 6.07) is 11.8. The molecule has 2 rings (SSSR count). The maximum Gasteiger partial charge on any atom is 0.244 e. The topological polar surface area (TPSA) is 66.5 Å². The van der Waals surface area contributed by atoms with Crippen molar-refractivity contribution in [2.75, 3.05) is 10.6 Å². The van der Waals surface area contributed by atoms with Crippen LogP contribution in [0.4, 0.5) is 5.69 Å². The quantitative estimate of drug-likeness (QED) is 0.757. The van der Waals surface area contributed by atoms with Crippen LogP contribution in [0.3, 0.4) is 0 Å². The molecular formula is C20H25ClN2O3S. The van der Waals surface area contributed by atoms with Gasteiger partial charge in [-0.3, -0.25) is 9.10 Å². The van der Waals surface area contributed by atoms with E-state index in [-0.39, 0.29) is 12.5 Å². The molecule has 1 N–H and O–H groups in total. The first-order valence-electron chi connectivity index (χ1n) is 8.73. The average Bonchev–Trinajstić information content (AvgIpc) is 2.60. The molecule has 0 radical (unpaired) electrons. The Morgan fingerprint density at radius 3 is 2.37 bits per heavy atom. The molecule has 0 aliphatic rings. The minimum atomic E-state index is -3.65. The van der Waals surface area contributed by atoms with Gasteiger partial charge in [0.25, 0.3) is 0 Å². The number of amides is 1. The van der Waals surface area contributed by atoms with Gasteiger partial charge in [0, 0.05) is 11.6 Å². The summed E-state index contributed by atoms with van der Waals surface area (Å²) >= 11 is 6.13. The molecule has 27 heavy (non-hydrogen) atoms. The molecule has 0 aromatic heterocycles. The normalized spacial score (nSPS) is 12.5. The lowest BCUT2D eigenvalue weighted by Crippen LogP contribution is -2.49. The van der Waals surface area contributed by atoms with E-state index in [4.69, 9.17) is 11.6 Å². The van der Waals surface area contributed by atoms with E-state index in [1.807, 2.05) is 38.1 Å². The standard InChI is InChI=1S/C20H25ClN2O3S/c1-5-19(20(24)22-13-16-8-6-7-9-18(16)21)23(27(4,25)26)17-11-10-14(2)15(3)12-17/h6-12,19H,5,13H2,1-4H3,(H,22,24)/t19-/m1/s1. The molecule has 1 amide bonds. The molecule has 0 heterocycles. The lowest BCUT2D eigenvalue weighted by Gasteiger charge is -2.30. The Kier molecular flexibility index (Phi) is 6.89. The average molecular weight is 409 g/mol. The number of carbonyl (C=O) groups is 1. The van der Waals surface area contributed by atoms with Gasteiger partial charge in [0.2, 0.25) is 15.9 Å². The van der Waals surface area contributed by atoms with Crippen LogP contribution in [0, 0.1) is 13.8 Å². The van der Waals surface area contributed by atoms with Gasteiger partial charge in [-0.1, -0.05) is 42.8 Å². The number of aryl methyl sites for hydroxylation is 2. The summed E-state index contributed by atoms with van der Waals surface area (Å²) in [6.07, 6.45) is 1.46. The molecule has 0 saturated heterocycles. The molecular weight excluding hydrogens is 384 g/mol. The van der Waals surface area contributed by atoms with Crippen molar-refractivity contribution in [1.29, 1.82) is 0 Å². The first kappa shape index (κ1) is 21.3. The molecule has 0 aliphatic carbocycles. The predicted molar refractivity (Wildman–Crippen MR) is 111 cm³/mol. The van der Waals surface area contributed by atoms with Crippen LogP contribution in [-0.2, 0) is 21.4 Å². The number of anilines is 1. The van der Waals surface area contributed by atoms with Gasteiger partial charge in [-0.05, 0) is 55.2 Å². The zero-order valence-corrected chi connectivity index (χ0v) is 17.6. The number of hydrogen-bond donors (Lipinski definition) is 1. The van der Waals surface area contributed by atoms with Crippen molar-refractivity contribution in [3.63, 3.8) is 0 Å². The van der Waals surface area contributed by atoms with Gasteiger partial charge in [0.1, 0.15) is 6.04 Å². The smallest absolute Gasteiger partial charge is 0.244 e. The Morgan fingerprint density at radius 1 is 1.15 bits per heavy atom. The van der Waals surface area contributed by atoms with Crippen LogP contribution in [0.1, 0.15) is 30.0 Å². The molecule has 0 spiro atoms. The van der Waals surface area contributed by atoms with Gasteiger partial charge in [-0.15, -0.1) is 0 Å². The van der Waals surface area contributed by atoms with E-state index in [1.165, 1.54) is 4.31 Å². The monoisotopic (exact) mass is 408 g/mol. The number of benzene rings is 2. The second kappa shape index (κ2) is 8.76. The molecule has 0 unspecified atom stereocenters. The largest absolute Gasteiger partial charge is 0.350 e. The maximum atomic E-state index is 12.8. The van der Waals surface area contributed by atoms with Gasteiger partial charge in [-0.25, -0.2) is 8.42 Å². The fraction of sp³-hybridized carbons (Fsp3) is 0.350. The molecule has 7 heteroatoms. The van der Waals surface area contributed by atoms with Crippen LogP contribution in [0.5, 0.6) is 0 Å². The van der Waals surface area contributed by atoms with Gasteiger partial charge >= 0.3 is 0 Å². The number of nitrogens with zero attached hydrogens (tertiary/aromatic N) is 1. The first-order chi connectivity index (χ1) is 12.6. The summed E-state index contributed by atoms with van der Waals surface area (Å²) in [5.74, 6) is -0.360. The summed E-state index contributed by atoms with van der Waals surface area (Å²) < 4.78 is 26.2. The van der Waals surface area contributed by atoms with Gasteiger partial charge in [-0.2, -0.15) is 0 Å². The molecule has 0 fully saturated rings. The van der Waals surface area contributed by atoms with Crippen LogP contribution < -0.4 is 9.62 Å². The Bertz CT molecular complexity index is 929. The highest BCUT2D eigenvalue weighted by Gasteiger charge is 2.31. The van der Waals surface area contributed by atoms with Crippen molar-refractivity contribution < 1.29 is 13.2 Å². The Morgan fingerprint density at radius 2 is 1.81 bits per heavy atom. The number of carbonyl (C=O) groups excluding carboxylic acids is 1. The molecule has 5 nitrogen and oxygen atoms in total. The number of hydrogen-bond acceptors (Lipinski definition) is 3. The molecule has 1 atom stereocenters. The highest BCUT2D eigenvalue weighted by atomic mass is 35.5. The van der Waals surface area contributed by atoms with Crippen molar-refractivity contribution in [1.82, 2.24) is 5.32 Å². The summed E-state index contributed by atoms with van der Waals surface area (Å²) in [4.78, 5) is 12.8. The van der Waals surface area contributed by atoms with E-state index in [0.29, 0.717) is 17.1 Å².